The van der Waals surface area contributed by atoms with Crippen molar-refractivity contribution >= 4 is 0 Å². The number of hydrogen-bond acceptors (Lipinski definition) is 3. The van der Waals surface area contributed by atoms with Crippen molar-refractivity contribution < 1.29 is 13.9 Å². The van der Waals surface area contributed by atoms with E-state index in [0.717, 1.165) is 5.56 Å². The van der Waals surface area contributed by atoms with E-state index < -0.39 is 0 Å². The number of halogens is 1. The van der Waals surface area contributed by atoms with Crippen LogP contribution in [0.25, 0.3) is 0 Å². The van der Waals surface area contributed by atoms with Crippen LogP contribution >= 0.6 is 0 Å². The molecule has 0 saturated carbocycles. The third kappa shape index (κ3) is 3.18. The second-order valence-electron chi connectivity index (χ2n) is 3.78. The van der Waals surface area contributed by atoms with E-state index in [1.807, 2.05) is 13.0 Å². The molecule has 0 bridgehead atoms. The molecule has 0 radical (unpaired) electrons. The first-order valence-corrected chi connectivity index (χ1v) is 5.19. The minimum atomic E-state index is -0.364. The van der Waals surface area contributed by atoms with Crippen LogP contribution in [0.1, 0.15) is 12.5 Å². The second kappa shape index (κ2) is 5.82. The van der Waals surface area contributed by atoms with Crippen molar-refractivity contribution in [2.45, 2.75) is 25.5 Å². The van der Waals surface area contributed by atoms with Crippen LogP contribution in [0, 0.1) is 5.82 Å². The van der Waals surface area contributed by atoms with E-state index >= 15 is 0 Å². The Kier molecular flexibility index (Phi) is 4.71. The van der Waals surface area contributed by atoms with E-state index in [2.05, 4.69) is 0 Å². The lowest BCUT2D eigenvalue weighted by Gasteiger charge is -2.18. The number of methoxy groups -OCH3 is 2. The molecule has 1 aromatic carbocycles. The van der Waals surface area contributed by atoms with Gasteiger partial charge in [-0.05, 0) is 31.0 Å². The molecule has 90 valence electrons. The molecule has 2 unspecified atom stereocenters. The molecule has 0 aliphatic heterocycles. The monoisotopic (exact) mass is 227 g/mol. The number of rotatable bonds is 5. The van der Waals surface area contributed by atoms with Crippen molar-refractivity contribution in [3.8, 4) is 5.75 Å². The molecule has 0 aliphatic carbocycles. The van der Waals surface area contributed by atoms with E-state index in [9.17, 15) is 4.39 Å². The summed E-state index contributed by atoms with van der Waals surface area (Å²) in [5.41, 5.74) is 6.74. The third-order valence-corrected chi connectivity index (χ3v) is 2.66. The first-order valence-electron chi connectivity index (χ1n) is 5.19. The summed E-state index contributed by atoms with van der Waals surface area (Å²) in [6.45, 7) is 1.89. The molecule has 0 fully saturated rings. The summed E-state index contributed by atoms with van der Waals surface area (Å²) in [5, 5.41) is 0. The summed E-state index contributed by atoms with van der Waals surface area (Å²) in [4.78, 5) is 0. The fraction of sp³-hybridized carbons (Fsp3) is 0.500. The number of hydrogen-bond donors (Lipinski definition) is 1. The second-order valence-corrected chi connectivity index (χ2v) is 3.78. The summed E-state index contributed by atoms with van der Waals surface area (Å²) in [6.07, 6.45) is 0.529. The minimum absolute atomic E-state index is 0.0508. The normalized spacial score (nSPS) is 14.6. The van der Waals surface area contributed by atoms with Gasteiger partial charge in [0.1, 0.15) is 0 Å². The first kappa shape index (κ1) is 12.9. The van der Waals surface area contributed by atoms with Crippen LogP contribution in [0.4, 0.5) is 4.39 Å². The summed E-state index contributed by atoms with van der Waals surface area (Å²) in [5.74, 6) is -0.116. The first-order chi connectivity index (χ1) is 7.58. The van der Waals surface area contributed by atoms with E-state index in [1.165, 1.54) is 13.2 Å². The zero-order chi connectivity index (χ0) is 12.1. The highest BCUT2D eigenvalue weighted by Gasteiger charge is 2.13. The van der Waals surface area contributed by atoms with Crippen molar-refractivity contribution in [3.63, 3.8) is 0 Å². The van der Waals surface area contributed by atoms with Gasteiger partial charge in [-0.15, -0.1) is 0 Å². The Balaban J connectivity index is 2.71. The molecule has 0 aromatic heterocycles. The maximum Gasteiger partial charge on any atom is 0.165 e. The summed E-state index contributed by atoms with van der Waals surface area (Å²) in [6, 6.07) is 4.72. The van der Waals surface area contributed by atoms with Crippen LogP contribution in [0.2, 0.25) is 0 Å². The van der Waals surface area contributed by atoms with Crippen LogP contribution < -0.4 is 10.5 Å². The predicted molar refractivity (Wildman–Crippen MR) is 61.1 cm³/mol. The average molecular weight is 227 g/mol. The van der Waals surface area contributed by atoms with Gasteiger partial charge in [-0.2, -0.15) is 0 Å². The zero-order valence-electron chi connectivity index (χ0n) is 9.87. The molecule has 1 aromatic rings. The van der Waals surface area contributed by atoms with Crippen LogP contribution in [0.15, 0.2) is 18.2 Å². The lowest BCUT2D eigenvalue weighted by molar-refractivity contribution is 0.0955. The topological polar surface area (TPSA) is 44.5 Å². The molecule has 4 heteroatoms. The Morgan fingerprint density at radius 2 is 2.06 bits per heavy atom. The molecule has 16 heavy (non-hydrogen) atoms. The quantitative estimate of drug-likeness (QED) is 0.833. The maximum absolute atomic E-state index is 13.4. The molecule has 0 saturated heterocycles. The van der Waals surface area contributed by atoms with Gasteiger partial charge in [-0.25, -0.2) is 4.39 Å². The fourth-order valence-corrected chi connectivity index (χ4v) is 1.45. The molecule has 1 rings (SSSR count). The number of benzene rings is 1. The Morgan fingerprint density at radius 3 is 2.56 bits per heavy atom. The summed E-state index contributed by atoms with van der Waals surface area (Å²) >= 11 is 0. The van der Waals surface area contributed by atoms with Gasteiger partial charge < -0.3 is 15.2 Å². The standard InChI is InChI=1S/C12H18FNO2/c1-8(15-2)11(14)7-9-4-5-12(16-3)10(13)6-9/h4-6,8,11H,7,14H2,1-3H3. The van der Waals surface area contributed by atoms with Crippen molar-refractivity contribution in [2.24, 2.45) is 5.73 Å². The van der Waals surface area contributed by atoms with Gasteiger partial charge in [-0.1, -0.05) is 6.07 Å². The highest BCUT2D eigenvalue weighted by atomic mass is 19.1. The van der Waals surface area contributed by atoms with Crippen molar-refractivity contribution in [2.75, 3.05) is 14.2 Å². The highest BCUT2D eigenvalue weighted by Crippen LogP contribution is 2.18. The lowest BCUT2D eigenvalue weighted by atomic mass is 10.0. The van der Waals surface area contributed by atoms with Gasteiger partial charge >= 0.3 is 0 Å². The van der Waals surface area contributed by atoms with Crippen molar-refractivity contribution in [3.05, 3.63) is 29.6 Å². The molecule has 0 spiro atoms. The van der Waals surface area contributed by atoms with Gasteiger partial charge in [0.15, 0.2) is 11.6 Å². The van der Waals surface area contributed by atoms with Crippen LogP contribution in [-0.4, -0.2) is 26.4 Å². The van der Waals surface area contributed by atoms with E-state index in [0.29, 0.717) is 6.42 Å². The van der Waals surface area contributed by atoms with Crippen molar-refractivity contribution in [1.82, 2.24) is 0 Å². The highest BCUT2D eigenvalue weighted by molar-refractivity contribution is 5.29. The Morgan fingerprint density at radius 1 is 1.38 bits per heavy atom. The number of nitrogens with two attached hydrogens (primary N) is 1. The molecule has 0 heterocycles. The van der Waals surface area contributed by atoms with Gasteiger partial charge in [0.25, 0.3) is 0 Å². The number of ether oxygens (including phenoxy) is 2. The van der Waals surface area contributed by atoms with Gasteiger partial charge in [0, 0.05) is 13.2 Å². The molecule has 0 aliphatic rings. The van der Waals surface area contributed by atoms with Crippen molar-refractivity contribution in [1.29, 1.82) is 0 Å². The van der Waals surface area contributed by atoms with E-state index in [-0.39, 0.29) is 23.7 Å². The Labute approximate surface area is 95.4 Å². The van der Waals surface area contributed by atoms with Crippen LogP contribution in [-0.2, 0) is 11.2 Å². The van der Waals surface area contributed by atoms with Crippen LogP contribution in [0.3, 0.4) is 0 Å². The summed E-state index contributed by atoms with van der Waals surface area (Å²) < 4.78 is 23.3. The smallest absolute Gasteiger partial charge is 0.165 e. The van der Waals surface area contributed by atoms with Gasteiger partial charge in [0.05, 0.1) is 13.2 Å². The molecule has 2 atom stereocenters. The third-order valence-electron chi connectivity index (χ3n) is 2.66. The average Bonchev–Trinajstić information content (AvgIpc) is 2.28. The SMILES string of the molecule is COc1ccc(CC(N)C(C)OC)cc1F. The van der Waals surface area contributed by atoms with E-state index in [1.54, 1.807) is 13.2 Å². The maximum atomic E-state index is 13.4. The lowest BCUT2D eigenvalue weighted by Crippen LogP contribution is -2.35. The Hall–Kier alpha value is -1.13. The molecule has 2 N–H and O–H groups in total. The van der Waals surface area contributed by atoms with Crippen LogP contribution in [0.5, 0.6) is 5.75 Å². The zero-order valence-corrected chi connectivity index (χ0v) is 9.87. The molecule has 0 amide bonds. The molecular formula is C12H18FNO2. The molecular weight excluding hydrogens is 209 g/mol. The van der Waals surface area contributed by atoms with E-state index in [4.69, 9.17) is 15.2 Å². The fourth-order valence-electron chi connectivity index (χ4n) is 1.45. The van der Waals surface area contributed by atoms with Gasteiger partial charge in [0.2, 0.25) is 0 Å². The molecule has 3 nitrogen and oxygen atoms in total. The largest absolute Gasteiger partial charge is 0.494 e. The Bertz CT molecular complexity index is 344. The predicted octanol–water partition coefficient (Wildman–Crippen LogP) is 1.74. The summed E-state index contributed by atoms with van der Waals surface area (Å²) in [7, 11) is 3.05. The minimum Gasteiger partial charge on any atom is -0.494 e. The van der Waals surface area contributed by atoms with Gasteiger partial charge in [-0.3, -0.25) is 0 Å².